The number of piperidine rings is 1. The number of H-pyrrole nitrogens is 1. The van der Waals surface area contributed by atoms with Gasteiger partial charge in [0.25, 0.3) is 0 Å². The fraction of sp³-hybridized carbons (Fsp3) is 0.895. The number of hydrogen-bond acceptors (Lipinski definition) is 4. The van der Waals surface area contributed by atoms with E-state index in [0.29, 0.717) is 12.0 Å². The predicted molar refractivity (Wildman–Crippen MR) is 96.5 cm³/mol. The van der Waals surface area contributed by atoms with Gasteiger partial charge in [0.05, 0.1) is 6.67 Å². The summed E-state index contributed by atoms with van der Waals surface area (Å²) in [7, 11) is 2.19. The molecule has 2 atom stereocenters. The molecular weight excluding hydrogens is 317 g/mol. The Labute approximate surface area is 150 Å². The van der Waals surface area contributed by atoms with Gasteiger partial charge in [-0.1, -0.05) is 19.3 Å². The Hall–Kier alpha value is -1.01. The minimum atomic E-state index is -0.257. The maximum atomic E-state index is 13.7. The van der Waals surface area contributed by atoms with Gasteiger partial charge in [-0.05, 0) is 45.8 Å². The number of halogens is 1. The van der Waals surface area contributed by atoms with Crippen molar-refractivity contribution < 1.29 is 4.39 Å². The Morgan fingerprint density at radius 2 is 1.84 bits per heavy atom. The summed E-state index contributed by atoms with van der Waals surface area (Å²) in [5, 5.41) is 7.69. The number of alkyl halides is 1. The van der Waals surface area contributed by atoms with E-state index >= 15 is 0 Å². The average molecular weight is 349 g/mol. The molecule has 4 rings (SSSR count). The zero-order valence-electron chi connectivity index (χ0n) is 15.5. The fourth-order valence-corrected chi connectivity index (χ4v) is 5.03. The first-order chi connectivity index (χ1) is 12.2. The second-order valence-electron chi connectivity index (χ2n) is 8.42. The third-order valence-electron chi connectivity index (χ3n) is 6.71. The van der Waals surface area contributed by atoms with Crippen molar-refractivity contribution in [3.63, 3.8) is 0 Å². The van der Waals surface area contributed by atoms with Crippen LogP contribution in [-0.2, 0) is 0 Å². The van der Waals surface area contributed by atoms with Gasteiger partial charge in [0.15, 0.2) is 5.82 Å². The Kier molecular flexibility index (Phi) is 5.36. The molecule has 1 N–H and O–H groups in total. The Morgan fingerprint density at radius 1 is 1.08 bits per heavy atom. The fourth-order valence-electron chi connectivity index (χ4n) is 5.03. The van der Waals surface area contributed by atoms with E-state index in [1.54, 1.807) is 0 Å². The largest absolute Gasteiger partial charge is 0.306 e. The summed E-state index contributed by atoms with van der Waals surface area (Å²) in [6.07, 6.45) is 8.72. The van der Waals surface area contributed by atoms with Crippen LogP contribution in [-0.4, -0.2) is 70.9 Å². The summed E-state index contributed by atoms with van der Waals surface area (Å²) < 4.78 is 13.7. The summed E-state index contributed by atoms with van der Waals surface area (Å²) in [6, 6.07) is 0.607. The molecule has 1 saturated carbocycles. The van der Waals surface area contributed by atoms with E-state index in [4.69, 9.17) is 4.98 Å². The molecule has 5 nitrogen and oxygen atoms in total. The van der Waals surface area contributed by atoms with Gasteiger partial charge in [0, 0.05) is 36.9 Å². The second-order valence-corrected chi connectivity index (χ2v) is 8.42. The molecule has 6 heteroatoms. The van der Waals surface area contributed by atoms with E-state index in [1.165, 1.54) is 44.9 Å². The number of likely N-dealkylation sites (tertiary alicyclic amines) is 2. The highest BCUT2D eigenvalue weighted by Crippen LogP contribution is 2.36. The van der Waals surface area contributed by atoms with Gasteiger partial charge in [-0.2, -0.15) is 5.10 Å². The predicted octanol–water partition coefficient (Wildman–Crippen LogP) is 2.93. The van der Waals surface area contributed by atoms with Gasteiger partial charge >= 0.3 is 0 Å². The highest BCUT2D eigenvalue weighted by atomic mass is 19.1. The topological polar surface area (TPSA) is 48.1 Å². The van der Waals surface area contributed by atoms with Crippen LogP contribution in [0.1, 0.15) is 68.4 Å². The molecule has 3 fully saturated rings. The number of aromatic nitrogens is 3. The van der Waals surface area contributed by atoms with Crippen molar-refractivity contribution in [2.24, 2.45) is 5.92 Å². The van der Waals surface area contributed by atoms with Crippen molar-refractivity contribution >= 4 is 0 Å². The van der Waals surface area contributed by atoms with Crippen LogP contribution in [0.4, 0.5) is 4.39 Å². The molecule has 2 aliphatic heterocycles. The Morgan fingerprint density at radius 3 is 2.56 bits per heavy atom. The molecule has 0 radical (unpaired) electrons. The first-order valence-electron chi connectivity index (χ1n) is 10.2. The smallest absolute Gasteiger partial charge is 0.153 e. The molecule has 0 bridgehead atoms. The SMILES string of the molecule is CN1CCC(N2C[C@@H](CF)[C@H](c3nc(C4CCCCC4)n[nH]3)C2)CC1. The lowest BCUT2D eigenvalue weighted by Crippen LogP contribution is -2.42. The number of aromatic amines is 1. The first kappa shape index (κ1) is 17.4. The number of rotatable bonds is 4. The van der Waals surface area contributed by atoms with Crippen LogP contribution in [0.15, 0.2) is 0 Å². The molecular formula is C19H32FN5. The molecule has 0 amide bonds. The maximum absolute atomic E-state index is 13.7. The highest BCUT2D eigenvalue weighted by molar-refractivity contribution is 5.09. The van der Waals surface area contributed by atoms with E-state index in [9.17, 15) is 4.39 Å². The maximum Gasteiger partial charge on any atom is 0.153 e. The van der Waals surface area contributed by atoms with Crippen molar-refractivity contribution in [2.75, 3.05) is 39.9 Å². The van der Waals surface area contributed by atoms with Crippen LogP contribution < -0.4 is 0 Å². The van der Waals surface area contributed by atoms with Crippen LogP contribution in [0.25, 0.3) is 0 Å². The summed E-state index contributed by atoms with van der Waals surface area (Å²) in [5.41, 5.74) is 0. The summed E-state index contributed by atoms with van der Waals surface area (Å²) >= 11 is 0. The third kappa shape index (κ3) is 3.75. The number of nitrogens with zero attached hydrogens (tertiary/aromatic N) is 4. The molecule has 1 aromatic rings. The number of nitrogens with one attached hydrogen (secondary N) is 1. The molecule has 25 heavy (non-hydrogen) atoms. The van der Waals surface area contributed by atoms with E-state index in [-0.39, 0.29) is 18.5 Å². The molecule has 3 heterocycles. The second kappa shape index (κ2) is 7.70. The van der Waals surface area contributed by atoms with Gasteiger partial charge in [-0.15, -0.1) is 0 Å². The van der Waals surface area contributed by atoms with E-state index in [1.807, 2.05) is 0 Å². The lowest BCUT2D eigenvalue weighted by atomic mass is 9.89. The van der Waals surface area contributed by atoms with E-state index < -0.39 is 0 Å². The molecule has 2 saturated heterocycles. The van der Waals surface area contributed by atoms with Gasteiger partial charge in [0.1, 0.15) is 5.82 Å². The normalized spacial score (nSPS) is 31.0. The molecule has 0 spiro atoms. The average Bonchev–Trinajstić information content (AvgIpc) is 3.30. The highest BCUT2D eigenvalue weighted by Gasteiger charge is 2.39. The molecule has 1 aliphatic carbocycles. The molecule has 0 unspecified atom stereocenters. The summed E-state index contributed by atoms with van der Waals surface area (Å²) in [5.74, 6) is 2.65. The first-order valence-corrected chi connectivity index (χ1v) is 10.2. The Balaban J connectivity index is 1.43. The standard InChI is InChI=1S/C19H32FN5/c1-24-9-7-16(8-10-24)25-12-15(11-20)17(13-25)19-21-18(22-23-19)14-5-3-2-4-6-14/h14-17H,2-13H2,1H3,(H,21,22,23)/t15-,17-/m1/s1. The molecule has 1 aromatic heterocycles. The third-order valence-corrected chi connectivity index (χ3v) is 6.71. The van der Waals surface area contributed by atoms with Gasteiger partial charge < -0.3 is 4.90 Å². The van der Waals surface area contributed by atoms with Gasteiger partial charge in [-0.3, -0.25) is 14.4 Å². The quantitative estimate of drug-likeness (QED) is 0.908. The molecule has 140 valence electrons. The van der Waals surface area contributed by atoms with Crippen LogP contribution in [0, 0.1) is 5.92 Å². The van der Waals surface area contributed by atoms with Crippen LogP contribution in [0.5, 0.6) is 0 Å². The van der Waals surface area contributed by atoms with Crippen LogP contribution in [0.3, 0.4) is 0 Å². The minimum Gasteiger partial charge on any atom is -0.306 e. The van der Waals surface area contributed by atoms with Crippen molar-refractivity contribution in [1.29, 1.82) is 0 Å². The lowest BCUT2D eigenvalue weighted by Gasteiger charge is -2.35. The van der Waals surface area contributed by atoms with Gasteiger partial charge in [-0.25, -0.2) is 4.98 Å². The minimum absolute atomic E-state index is 0.0619. The van der Waals surface area contributed by atoms with Crippen molar-refractivity contribution in [3.8, 4) is 0 Å². The van der Waals surface area contributed by atoms with Gasteiger partial charge in [0.2, 0.25) is 0 Å². The molecule has 0 aromatic carbocycles. The van der Waals surface area contributed by atoms with E-state index in [0.717, 1.165) is 37.8 Å². The summed E-state index contributed by atoms with van der Waals surface area (Å²) in [4.78, 5) is 9.75. The van der Waals surface area contributed by atoms with Crippen LogP contribution in [0.2, 0.25) is 0 Å². The summed E-state index contributed by atoms with van der Waals surface area (Å²) in [6.45, 7) is 3.85. The van der Waals surface area contributed by atoms with Crippen molar-refractivity contribution in [3.05, 3.63) is 11.6 Å². The number of hydrogen-bond donors (Lipinski definition) is 1. The lowest BCUT2D eigenvalue weighted by molar-refractivity contribution is 0.137. The zero-order chi connectivity index (χ0) is 17.2. The van der Waals surface area contributed by atoms with Crippen molar-refractivity contribution in [1.82, 2.24) is 25.0 Å². The van der Waals surface area contributed by atoms with Crippen molar-refractivity contribution in [2.45, 2.75) is 62.8 Å². The monoisotopic (exact) mass is 349 g/mol. The van der Waals surface area contributed by atoms with Crippen LogP contribution >= 0.6 is 0 Å². The Bertz CT molecular complexity index is 548. The molecule has 3 aliphatic rings. The zero-order valence-corrected chi connectivity index (χ0v) is 15.5. The van der Waals surface area contributed by atoms with E-state index in [2.05, 4.69) is 27.0 Å².